The standard InChI is InChI=1S/C12H12F2N4O/c1-6(2)8-5-9(18-17-8)16-12(19)7-3-4-15-11(14)10(7)13/h3-6H,1-2H3,(H2,16,17,18,19). The van der Waals surface area contributed by atoms with E-state index in [1.807, 2.05) is 13.8 Å². The molecule has 0 aromatic carbocycles. The van der Waals surface area contributed by atoms with Crippen LogP contribution in [0, 0.1) is 11.8 Å². The van der Waals surface area contributed by atoms with Gasteiger partial charge in [-0.25, -0.2) is 9.37 Å². The number of pyridine rings is 1. The van der Waals surface area contributed by atoms with E-state index in [1.165, 1.54) is 0 Å². The van der Waals surface area contributed by atoms with E-state index in [1.54, 1.807) is 6.07 Å². The van der Waals surface area contributed by atoms with Crippen molar-refractivity contribution < 1.29 is 13.6 Å². The molecule has 2 N–H and O–H groups in total. The van der Waals surface area contributed by atoms with Gasteiger partial charge in [-0.1, -0.05) is 13.8 Å². The Bertz CT molecular complexity index is 610. The van der Waals surface area contributed by atoms with E-state index < -0.39 is 23.2 Å². The smallest absolute Gasteiger partial charge is 0.260 e. The fourth-order valence-electron chi connectivity index (χ4n) is 1.47. The fraction of sp³-hybridized carbons (Fsp3) is 0.250. The summed E-state index contributed by atoms with van der Waals surface area (Å²) in [6, 6.07) is 2.74. The molecule has 2 aromatic heterocycles. The van der Waals surface area contributed by atoms with Crippen LogP contribution in [0.1, 0.15) is 35.8 Å². The second-order valence-electron chi connectivity index (χ2n) is 4.28. The van der Waals surface area contributed by atoms with Gasteiger partial charge in [0, 0.05) is 18.0 Å². The summed E-state index contributed by atoms with van der Waals surface area (Å²) in [7, 11) is 0. The predicted octanol–water partition coefficient (Wildman–Crippen LogP) is 2.46. The van der Waals surface area contributed by atoms with Crippen molar-refractivity contribution in [1.29, 1.82) is 0 Å². The summed E-state index contributed by atoms with van der Waals surface area (Å²) in [5.74, 6) is -2.89. The molecule has 100 valence electrons. The number of rotatable bonds is 3. The number of carbonyl (C=O) groups excluding carboxylic acids is 1. The monoisotopic (exact) mass is 266 g/mol. The molecule has 19 heavy (non-hydrogen) atoms. The Morgan fingerprint density at radius 2 is 2.16 bits per heavy atom. The molecule has 0 aliphatic heterocycles. The maximum absolute atomic E-state index is 13.4. The van der Waals surface area contributed by atoms with Crippen molar-refractivity contribution in [3.8, 4) is 0 Å². The van der Waals surface area contributed by atoms with Crippen molar-refractivity contribution >= 4 is 11.7 Å². The largest absolute Gasteiger partial charge is 0.305 e. The highest BCUT2D eigenvalue weighted by molar-refractivity contribution is 6.03. The van der Waals surface area contributed by atoms with Crippen LogP contribution in [0.3, 0.4) is 0 Å². The zero-order chi connectivity index (χ0) is 14.0. The zero-order valence-corrected chi connectivity index (χ0v) is 10.4. The Labute approximate surface area is 108 Å². The SMILES string of the molecule is CC(C)c1cc(NC(=O)c2ccnc(F)c2F)n[nH]1. The first kappa shape index (κ1) is 13.1. The minimum absolute atomic E-state index is 0.216. The highest BCUT2D eigenvalue weighted by Gasteiger charge is 2.17. The average Bonchev–Trinajstić information content (AvgIpc) is 2.81. The van der Waals surface area contributed by atoms with Crippen LogP contribution >= 0.6 is 0 Å². The van der Waals surface area contributed by atoms with Gasteiger partial charge < -0.3 is 5.32 Å². The number of hydrogen-bond acceptors (Lipinski definition) is 3. The van der Waals surface area contributed by atoms with E-state index in [-0.39, 0.29) is 11.7 Å². The Balaban J connectivity index is 2.18. The van der Waals surface area contributed by atoms with E-state index in [0.717, 1.165) is 18.0 Å². The summed E-state index contributed by atoms with van der Waals surface area (Å²) in [5, 5.41) is 9.00. The van der Waals surface area contributed by atoms with Gasteiger partial charge in [0.25, 0.3) is 5.91 Å². The number of anilines is 1. The number of amides is 1. The van der Waals surface area contributed by atoms with Crippen LogP contribution in [0.2, 0.25) is 0 Å². The molecule has 2 heterocycles. The summed E-state index contributed by atoms with van der Waals surface area (Å²) in [4.78, 5) is 14.9. The highest BCUT2D eigenvalue weighted by Crippen LogP contribution is 2.16. The van der Waals surface area contributed by atoms with Crippen molar-refractivity contribution in [2.75, 3.05) is 5.32 Å². The van der Waals surface area contributed by atoms with Crippen molar-refractivity contribution in [3.63, 3.8) is 0 Å². The first-order valence-corrected chi connectivity index (χ1v) is 5.65. The Kier molecular flexibility index (Phi) is 3.55. The normalized spacial score (nSPS) is 10.8. The second-order valence-corrected chi connectivity index (χ2v) is 4.28. The number of nitrogens with one attached hydrogen (secondary N) is 2. The van der Waals surface area contributed by atoms with Gasteiger partial charge >= 0.3 is 0 Å². The van der Waals surface area contributed by atoms with Crippen molar-refractivity contribution in [1.82, 2.24) is 15.2 Å². The Morgan fingerprint density at radius 3 is 2.79 bits per heavy atom. The lowest BCUT2D eigenvalue weighted by atomic mass is 10.1. The molecule has 0 aliphatic rings. The van der Waals surface area contributed by atoms with E-state index in [4.69, 9.17) is 0 Å². The van der Waals surface area contributed by atoms with Gasteiger partial charge in [-0.05, 0) is 12.0 Å². The summed E-state index contributed by atoms with van der Waals surface area (Å²) in [6.07, 6.45) is 1.03. The minimum Gasteiger partial charge on any atom is -0.305 e. The van der Waals surface area contributed by atoms with Gasteiger partial charge in [-0.3, -0.25) is 9.89 Å². The molecule has 0 saturated heterocycles. The van der Waals surface area contributed by atoms with Gasteiger partial charge in [0.1, 0.15) is 0 Å². The number of H-pyrrole nitrogens is 1. The number of carbonyl (C=O) groups is 1. The molecule has 0 aliphatic carbocycles. The summed E-state index contributed by atoms with van der Waals surface area (Å²) >= 11 is 0. The summed E-state index contributed by atoms with van der Waals surface area (Å²) in [5.41, 5.74) is 0.415. The second kappa shape index (κ2) is 5.13. The number of halogens is 2. The van der Waals surface area contributed by atoms with E-state index in [2.05, 4.69) is 20.5 Å². The van der Waals surface area contributed by atoms with Crippen LogP contribution < -0.4 is 5.32 Å². The van der Waals surface area contributed by atoms with E-state index in [9.17, 15) is 13.6 Å². The molecular formula is C12H12F2N4O. The number of aromatic nitrogens is 3. The van der Waals surface area contributed by atoms with Gasteiger partial charge in [0.05, 0.1) is 5.56 Å². The van der Waals surface area contributed by atoms with Crippen LogP contribution in [0.4, 0.5) is 14.6 Å². The van der Waals surface area contributed by atoms with Crippen LogP contribution in [-0.4, -0.2) is 21.1 Å². The van der Waals surface area contributed by atoms with Crippen LogP contribution in [0.25, 0.3) is 0 Å². The fourth-order valence-corrected chi connectivity index (χ4v) is 1.47. The molecule has 5 nitrogen and oxygen atoms in total. The lowest BCUT2D eigenvalue weighted by Gasteiger charge is -2.03. The number of hydrogen-bond donors (Lipinski definition) is 2. The van der Waals surface area contributed by atoms with Crippen molar-refractivity contribution in [2.24, 2.45) is 0 Å². The third-order valence-electron chi connectivity index (χ3n) is 2.55. The quantitative estimate of drug-likeness (QED) is 0.838. The maximum Gasteiger partial charge on any atom is 0.260 e. The van der Waals surface area contributed by atoms with Gasteiger partial charge in [0.15, 0.2) is 11.6 Å². The van der Waals surface area contributed by atoms with Crippen molar-refractivity contribution in [2.45, 2.75) is 19.8 Å². The van der Waals surface area contributed by atoms with Crippen molar-refractivity contribution in [3.05, 3.63) is 41.4 Å². The molecule has 0 saturated carbocycles. The average molecular weight is 266 g/mol. The summed E-state index contributed by atoms with van der Waals surface area (Å²) < 4.78 is 26.3. The Morgan fingerprint density at radius 1 is 1.42 bits per heavy atom. The summed E-state index contributed by atoms with van der Waals surface area (Å²) in [6.45, 7) is 3.91. The number of aromatic amines is 1. The molecule has 0 bridgehead atoms. The third-order valence-corrected chi connectivity index (χ3v) is 2.55. The minimum atomic E-state index is -1.31. The topological polar surface area (TPSA) is 70.7 Å². The van der Waals surface area contributed by atoms with E-state index >= 15 is 0 Å². The Hall–Kier alpha value is -2.31. The molecule has 0 fully saturated rings. The first-order valence-electron chi connectivity index (χ1n) is 5.65. The molecular weight excluding hydrogens is 254 g/mol. The number of nitrogens with zero attached hydrogens (tertiary/aromatic N) is 2. The van der Waals surface area contributed by atoms with Crippen LogP contribution in [0.5, 0.6) is 0 Å². The predicted molar refractivity (Wildman–Crippen MR) is 64.8 cm³/mol. The van der Waals surface area contributed by atoms with Gasteiger partial charge in [-0.2, -0.15) is 9.49 Å². The van der Waals surface area contributed by atoms with Crippen LogP contribution in [-0.2, 0) is 0 Å². The third kappa shape index (κ3) is 2.75. The molecule has 2 aromatic rings. The molecule has 0 spiro atoms. The molecule has 0 radical (unpaired) electrons. The molecule has 1 amide bonds. The molecule has 0 unspecified atom stereocenters. The molecule has 0 atom stereocenters. The van der Waals surface area contributed by atoms with Gasteiger partial charge in [0.2, 0.25) is 5.95 Å². The maximum atomic E-state index is 13.4. The lowest BCUT2D eigenvalue weighted by Crippen LogP contribution is -2.15. The first-order chi connectivity index (χ1) is 8.99. The van der Waals surface area contributed by atoms with Gasteiger partial charge in [-0.15, -0.1) is 0 Å². The zero-order valence-electron chi connectivity index (χ0n) is 10.4. The lowest BCUT2D eigenvalue weighted by molar-refractivity contribution is 0.102. The molecule has 2 rings (SSSR count). The molecule has 7 heteroatoms. The highest BCUT2D eigenvalue weighted by atomic mass is 19.2. The van der Waals surface area contributed by atoms with Crippen LogP contribution in [0.15, 0.2) is 18.3 Å². The van der Waals surface area contributed by atoms with E-state index in [0.29, 0.717) is 0 Å².